The van der Waals surface area contributed by atoms with Crippen LogP contribution in [-0.2, 0) is 0 Å². The van der Waals surface area contributed by atoms with E-state index in [4.69, 9.17) is 11.6 Å². The molecule has 132 valence electrons. The Morgan fingerprint density at radius 2 is 2.24 bits per heavy atom. The van der Waals surface area contributed by atoms with Crippen molar-refractivity contribution in [3.63, 3.8) is 0 Å². The van der Waals surface area contributed by atoms with Gasteiger partial charge in [0, 0.05) is 11.6 Å². The molecule has 1 fully saturated rings. The first-order valence-corrected chi connectivity index (χ1v) is 9.77. The highest BCUT2D eigenvalue weighted by Gasteiger charge is 2.31. The number of hydrogen-bond donors (Lipinski definition) is 1. The van der Waals surface area contributed by atoms with E-state index in [-0.39, 0.29) is 11.9 Å². The molecule has 1 aliphatic heterocycles. The molecule has 2 atom stereocenters. The molecular weight excluding hydrogens is 356 g/mol. The molecule has 0 spiro atoms. The number of fused-ring (bicyclic) bond motifs is 1. The van der Waals surface area contributed by atoms with Crippen LogP contribution in [0.15, 0.2) is 24.3 Å². The second-order valence-electron chi connectivity index (χ2n) is 6.84. The lowest BCUT2D eigenvalue weighted by atomic mass is 9.95. The number of rotatable bonds is 3. The summed E-state index contributed by atoms with van der Waals surface area (Å²) in [5.74, 6) is 1.49. The van der Waals surface area contributed by atoms with Crippen LogP contribution in [0, 0.1) is 12.8 Å². The highest BCUT2D eigenvalue weighted by Crippen LogP contribution is 2.41. The van der Waals surface area contributed by atoms with E-state index >= 15 is 0 Å². The Bertz CT molecular complexity index is 906. The Hall–Kier alpha value is -1.63. The summed E-state index contributed by atoms with van der Waals surface area (Å²) >= 11 is 7.76. The van der Waals surface area contributed by atoms with Crippen molar-refractivity contribution in [2.45, 2.75) is 32.7 Å². The Balaban J connectivity index is 1.83. The van der Waals surface area contributed by atoms with Crippen LogP contribution in [0.2, 0.25) is 5.02 Å². The van der Waals surface area contributed by atoms with Crippen molar-refractivity contribution in [1.29, 1.82) is 0 Å². The summed E-state index contributed by atoms with van der Waals surface area (Å²) in [6.45, 7) is 6.13. The maximum absolute atomic E-state index is 10.8. The molecule has 4 rings (SSSR count). The number of piperidine rings is 1. The quantitative estimate of drug-likeness (QED) is 0.741. The van der Waals surface area contributed by atoms with Crippen molar-refractivity contribution >= 4 is 27.9 Å². The van der Waals surface area contributed by atoms with Crippen molar-refractivity contribution < 1.29 is 5.11 Å². The summed E-state index contributed by atoms with van der Waals surface area (Å²) in [6, 6.07) is 7.89. The van der Waals surface area contributed by atoms with Gasteiger partial charge in [-0.3, -0.25) is 4.90 Å². The van der Waals surface area contributed by atoms with E-state index in [0.717, 1.165) is 28.5 Å². The molecule has 1 N–H and O–H groups in total. The lowest BCUT2D eigenvalue weighted by Crippen LogP contribution is -2.37. The van der Waals surface area contributed by atoms with E-state index in [1.54, 1.807) is 4.52 Å². The van der Waals surface area contributed by atoms with Gasteiger partial charge in [0.15, 0.2) is 0 Å². The fraction of sp³-hybridized carbons (Fsp3) is 0.444. The maximum Gasteiger partial charge on any atom is 0.230 e. The number of nitrogens with zero attached hydrogens (tertiary/aromatic N) is 4. The summed E-state index contributed by atoms with van der Waals surface area (Å²) in [5.41, 5.74) is 1.10. The first-order valence-electron chi connectivity index (χ1n) is 8.57. The Morgan fingerprint density at radius 1 is 1.40 bits per heavy atom. The summed E-state index contributed by atoms with van der Waals surface area (Å²) in [5, 5.41) is 15.8. The molecule has 0 amide bonds. The minimum absolute atomic E-state index is 0.0322. The number of aromatic hydroxyl groups is 1. The molecule has 7 heteroatoms. The zero-order valence-electron chi connectivity index (χ0n) is 14.3. The van der Waals surface area contributed by atoms with Gasteiger partial charge >= 0.3 is 0 Å². The lowest BCUT2D eigenvalue weighted by molar-refractivity contribution is 0.149. The number of thiazole rings is 1. The van der Waals surface area contributed by atoms with E-state index < -0.39 is 0 Å². The fourth-order valence-electron chi connectivity index (χ4n) is 3.69. The first-order chi connectivity index (χ1) is 12.0. The van der Waals surface area contributed by atoms with E-state index in [9.17, 15) is 5.11 Å². The topological polar surface area (TPSA) is 53.7 Å². The van der Waals surface area contributed by atoms with E-state index in [2.05, 4.69) is 28.0 Å². The summed E-state index contributed by atoms with van der Waals surface area (Å²) in [4.78, 5) is 8.46. The van der Waals surface area contributed by atoms with Crippen molar-refractivity contribution in [2.24, 2.45) is 5.92 Å². The number of benzene rings is 1. The average Bonchev–Trinajstić information content (AvgIpc) is 3.06. The predicted octanol–water partition coefficient (Wildman–Crippen LogP) is 4.28. The van der Waals surface area contributed by atoms with Crippen LogP contribution in [0.5, 0.6) is 5.88 Å². The SMILES string of the molecule is Cc1nc2sc([C@H](c3cccc(Cl)c3)N3CCC[C@@H](C)C3)c(O)n2n1. The van der Waals surface area contributed by atoms with Crippen LogP contribution in [0.4, 0.5) is 0 Å². The summed E-state index contributed by atoms with van der Waals surface area (Å²) in [7, 11) is 0. The second kappa shape index (κ2) is 6.59. The van der Waals surface area contributed by atoms with Crippen LogP contribution in [0.25, 0.3) is 4.96 Å². The molecule has 0 bridgehead atoms. The van der Waals surface area contributed by atoms with Crippen molar-refractivity contribution in [3.05, 3.63) is 45.6 Å². The third-order valence-electron chi connectivity index (χ3n) is 4.77. The normalized spacial score (nSPS) is 20.2. The van der Waals surface area contributed by atoms with Gasteiger partial charge in [-0.15, -0.1) is 5.10 Å². The zero-order chi connectivity index (χ0) is 17.6. The molecule has 3 heterocycles. The highest BCUT2D eigenvalue weighted by atomic mass is 35.5. The van der Waals surface area contributed by atoms with Crippen molar-refractivity contribution in [3.8, 4) is 5.88 Å². The summed E-state index contributed by atoms with van der Waals surface area (Å²) < 4.78 is 1.54. The second-order valence-corrected chi connectivity index (χ2v) is 8.29. The smallest absolute Gasteiger partial charge is 0.230 e. The third-order valence-corrected chi connectivity index (χ3v) is 6.08. The zero-order valence-corrected chi connectivity index (χ0v) is 15.9. The van der Waals surface area contributed by atoms with Crippen molar-refractivity contribution in [2.75, 3.05) is 13.1 Å². The Morgan fingerprint density at radius 3 is 2.96 bits per heavy atom. The van der Waals surface area contributed by atoms with Gasteiger partial charge in [0.2, 0.25) is 10.8 Å². The average molecular weight is 377 g/mol. The van der Waals surface area contributed by atoms with Gasteiger partial charge < -0.3 is 5.11 Å². The summed E-state index contributed by atoms with van der Waals surface area (Å²) in [6.07, 6.45) is 2.41. The molecule has 0 unspecified atom stereocenters. The highest BCUT2D eigenvalue weighted by molar-refractivity contribution is 7.17. The minimum Gasteiger partial charge on any atom is -0.492 e. The maximum atomic E-state index is 10.8. The molecule has 1 aromatic carbocycles. The number of likely N-dealkylation sites (tertiary alicyclic amines) is 1. The van der Waals surface area contributed by atoms with Crippen LogP contribution in [0.1, 0.15) is 42.1 Å². The molecule has 5 nitrogen and oxygen atoms in total. The van der Waals surface area contributed by atoms with E-state index in [1.165, 1.54) is 24.2 Å². The molecule has 1 aliphatic rings. The van der Waals surface area contributed by atoms with Gasteiger partial charge in [0.05, 0.1) is 10.9 Å². The molecule has 0 radical (unpaired) electrons. The molecule has 1 saturated heterocycles. The Labute approximate surface area is 155 Å². The molecule has 25 heavy (non-hydrogen) atoms. The minimum atomic E-state index is -0.0322. The molecule has 2 aromatic heterocycles. The molecule has 0 aliphatic carbocycles. The number of hydrogen-bond acceptors (Lipinski definition) is 5. The van der Waals surface area contributed by atoms with Gasteiger partial charge in [-0.25, -0.2) is 4.98 Å². The first kappa shape index (κ1) is 16.8. The van der Waals surface area contributed by atoms with Gasteiger partial charge in [-0.2, -0.15) is 4.52 Å². The largest absolute Gasteiger partial charge is 0.492 e. The lowest BCUT2D eigenvalue weighted by Gasteiger charge is -2.37. The van der Waals surface area contributed by atoms with Crippen molar-refractivity contribution in [1.82, 2.24) is 19.5 Å². The third kappa shape index (κ3) is 3.14. The Kier molecular flexibility index (Phi) is 4.43. The van der Waals surface area contributed by atoms with Crippen LogP contribution in [-0.4, -0.2) is 37.7 Å². The number of aromatic nitrogens is 3. The number of halogens is 1. The van der Waals surface area contributed by atoms with Crippen LogP contribution >= 0.6 is 22.9 Å². The number of aryl methyl sites for hydroxylation is 1. The molecule has 0 saturated carbocycles. The van der Waals surface area contributed by atoms with E-state index in [1.807, 2.05) is 25.1 Å². The van der Waals surface area contributed by atoms with Crippen LogP contribution in [0.3, 0.4) is 0 Å². The van der Waals surface area contributed by atoms with Gasteiger partial charge in [-0.1, -0.05) is 42.0 Å². The fourth-order valence-corrected chi connectivity index (χ4v) is 5.05. The van der Waals surface area contributed by atoms with Gasteiger partial charge in [-0.05, 0) is 49.9 Å². The molecule has 3 aromatic rings. The monoisotopic (exact) mass is 376 g/mol. The van der Waals surface area contributed by atoms with Gasteiger partial charge in [0.1, 0.15) is 5.82 Å². The molecular formula is C18H21ClN4OS. The standard InChI is InChI=1S/C18H21ClN4OS/c1-11-5-4-8-22(10-11)15(13-6-3-7-14(19)9-13)16-17(24)23-18(25-16)20-12(2)21-23/h3,6-7,9,11,15,24H,4-5,8,10H2,1-2H3/t11-,15+/m1/s1. The van der Waals surface area contributed by atoms with Crippen LogP contribution < -0.4 is 0 Å². The van der Waals surface area contributed by atoms with Gasteiger partial charge in [0.25, 0.3) is 0 Å². The predicted molar refractivity (Wildman–Crippen MR) is 101 cm³/mol. The van der Waals surface area contributed by atoms with E-state index in [0.29, 0.717) is 16.8 Å².